The Hall–Kier alpha value is -0.470. The number of rotatable bonds is 3. The highest BCUT2D eigenvalue weighted by Crippen LogP contribution is 2.26. The van der Waals surface area contributed by atoms with Crippen LogP contribution < -0.4 is 0 Å². The van der Waals surface area contributed by atoms with E-state index in [1.807, 2.05) is 32.0 Å². The Balaban J connectivity index is 2.81. The maximum Gasteiger partial charge on any atom is 0.231 e. The van der Waals surface area contributed by atoms with E-state index in [4.69, 9.17) is 11.6 Å². The van der Waals surface area contributed by atoms with Crippen molar-refractivity contribution in [1.29, 1.82) is 0 Å². The third-order valence-corrected chi connectivity index (χ3v) is 3.37. The van der Waals surface area contributed by atoms with Crippen LogP contribution in [0.15, 0.2) is 23.1 Å². The maximum absolute atomic E-state index is 10.6. The van der Waals surface area contributed by atoms with Gasteiger partial charge >= 0.3 is 0 Å². The first-order valence-electron chi connectivity index (χ1n) is 3.98. The summed E-state index contributed by atoms with van der Waals surface area (Å²) in [5.74, 6) is 0.341. The van der Waals surface area contributed by atoms with Crippen LogP contribution in [-0.2, 0) is 4.79 Å². The van der Waals surface area contributed by atoms with Crippen molar-refractivity contribution in [3.63, 3.8) is 0 Å². The first kappa shape index (κ1) is 10.6. The molecule has 0 fully saturated rings. The van der Waals surface area contributed by atoms with Crippen molar-refractivity contribution in [2.24, 2.45) is 0 Å². The normalized spacial score (nSPS) is 10.1. The maximum atomic E-state index is 10.6. The molecule has 0 aliphatic heterocycles. The van der Waals surface area contributed by atoms with E-state index in [0.29, 0.717) is 5.75 Å². The van der Waals surface area contributed by atoms with E-state index < -0.39 is 0 Å². The summed E-state index contributed by atoms with van der Waals surface area (Å²) in [4.78, 5) is 11.7. The van der Waals surface area contributed by atoms with Gasteiger partial charge in [-0.15, -0.1) is 11.8 Å². The summed E-state index contributed by atoms with van der Waals surface area (Å²) in [6.45, 7) is 4.07. The summed E-state index contributed by atoms with van der Waals surface area (Å²) in [6, 6.07) is 6.08. The molecule has 70 valence electrons. The molecular formula is C10H11ClOS. The van der Waals surface area contributed by atoms with Gasteiger partial charge in [0.2, 0.25) is 5.24 Å². The first-order chi connectivity index (χ1) is 6.11. The van der Waals surface area contributed by atoms with Crippen molar-refractivity contribution in [3.05, 3.63) is 29.3 Å². The lowest BCUT2D eigenvalue weighted by Gasteiger charge is -2.06. The fraction of sp³-hybridized carbons (Fsp3) is 0.300. The van der Waals surface area contributed by atoms with Crippen LogP contribution >= 0.6 is 23.4 Å². The molecule has 0 N–H and O–H groups in total. The summed E-state index contributed by atoms with van der Waals surface area (Å²) < 4.78 is 0. The van der Waals surface area contributed by atoms with Gasteiger partial charge in [0.25, 0.3) is 0 Å². The van der Waals surface area contributed by atoms with Gasteiger partial charge in [0.15, 0.2) is 0 Å². The van der Waals surface area contributed by atoms with Crippen LogP contribution in [0.5, 0.6) is 0 Å². The molecule has 1 rings (SSSR count). The van der Waals surface area contributed by atoms with E-state index in [0.717, 1.165) is 4.90 Å². The average Bonchev–Trinajstić information content (AvgIpc) is 2.03. The largest absolute Gasteiger partial charge is 0.280 e. The van der Waals surface area contributed by atoms with Gasteiger partial charge in [-0.05, 0) is 36.6 Å². The number of hydrogen-bond donors (Lipinski definition) is 0. The fourth-order valence-electron chi connectivity index (χ4n) is 1.16. The predicted molar refractivity (Wildman–Crippen MR) is 57.5 cm³/mol. The summed E-state index contributed by atoms with van der Waals surface area (Å²) >= 11 is 6.77. The molecule has 0 atom stereocenters. The molecule has 0 saturated heterocycles. The van der Waals surface area contributed by atoms with Gasteiger partial charge < -0.3 is 0 Å². The summed E-state index contributed by atoms with van der Waals surface area (Å²) in [6.07, 6.45) is 0. The molecular weight excluding hydrogens is 204 g/mol. The molecule has 3 heteroatoms. The van der Waals surface area contributed by atoms with Crippen LogP contribution in [0.3, 0.4) is 0 Å². The molecule has 0 aromatic heterocycles. The van der Waals surface area contributed by atoms with Gasteiger partial charge in [0.1, 0.15) is 0 Å². The quantitative estimate of drug-likeness (QED) is 0.568. The summed E-state index contributed by atoms with van der Waals surface area (Å²) in [5.41, 5.74) is 2.39. The highest BCUT2D eigenvalue weighted by molar-refractivity contribution is 8.00. The Bertz CT molecular complexity index is 302. The molecule has 0 saturated carbocycles. The SMILES string of the molecule is Cc1cccc(C)c1SCC(=O)Cl. The molecule has 0 unspecified atom stereocenters. The van der Waals surface area contributed by atoms with Crippen molar-refractivity contribution in [2.75, 3.05) is 5.75 Å². The zero-order chi connectivity index (χ0) is 9.84. The molecule has 1 aromatic carbocycles. The van der Waals surface area contributed by atoms with Crippen LogP contribution in [0, 0.1) is 13.8 Å². The number of aryl methyl sites for hydroxylation is 2. The van der Waals surface area contributed by atoms with E-state index in [9.17, 15) is 4.79 Å². The van der Waals surface area contributed by atoms with Crippen LogP contribution in [0.2, 0.25) is 0 Å². The number of hydrogen-bond acceptors (Lipinski definition) is 2. The highest BCUT2D eigenvalue weighted by Gasteiger charge is 2.04. The second-order valence-corrected chi connectivity index (χ2v) is 4.27. The van der Waals surface area contributed by atoms with E-state index in [1.165, 1.54) is 22.9 Å². The Morgan fingerprint density at radius 3 is 2.38 bits per heavy atom. The van der Waals surface area contributed by atoms with Crippen molar-refractivity contribution < 1.29 is 4.79 Å². The Labute approximate surface area is 87.5 Å². The summed E-state index contributed by atoms with van der Waals surface area (Å²) in [7, 11) is 0. The van der Waals surface area contributed by atoms with E-state index in [-0.39, 0.29) is 5.24 Å². The molecule has 13 heavy (non-hydrogen) atoms. The zero-order valence-corrected chi connectivity index (χ0v) is 9.21. The Morgan fingerprint density at radius 2 is 1.92 bits per heavy atom. The minimum absolute atomic E-state index is 0.298. The predicted octanol–water partition coefficient (Wildman–Crippen LogP) is 3.16. The lowest BCUT2D eigenvalue weighted by molar-refractivity contribution is -0.109. The molecule has 0 bridgehead atoms. The van der Waals surface area contributed by atoms with Gasteiger partial charge in [-0.1, -0.05) is 18.2 Å². The van der Waals surface area contributed by atoms with Crippen molar-refractivity contribution in [2.45, 2.75) is 18.7 Å². The molecule has 0 aliphatic carbocycles. The number of halogens is 1. The summed E-state index contributed by atoms with van der Waals surface area (Å²) in [5, 5.41) is -0.298. The first-order valence-corrected chi connectivity index (χ1v) is 5.35. The number of carbonyl (C=O) groups excluding carboxylic acids is 1. The van der Waals surface area contributed by atoms with E-state index >= 15 is 0 Å². The molecule has 1 nitrogen and oxygen atoms in total. The molecule has 0 heterocycles. The number of thioether (sulfide) groups is 1. The average molecular weight is 215 g/mol. The van der Waals surface area contributed by atoms with Crippen molar-refractivity contribution in [1.82, 2.24) is 0 Å². The Kier molecular flexibility index (Phi) is 3.82. The van der Waals surface area contributed by atoms with Gasteiger partial charge in [0, 0.05) is 4.90 Å². The second kappa shape index (κ2) is 4.68. The molecule has 0 spiro atoms. The van der Waals surface area contributed by atoms with Crippen LogP contribution in [0.1, 0.15) is 11.1 Å². The van der Waals surface area contributed by atoms with Crippen LogP contribution in [-0.4, -0.2) is 11.0 Å². The fourth-order valence-corrected chi connectivity index (χ4v) is 2.17. The van der Waals surface area contributed by atoms with Gasteiger partial charge in [-0.25, -0.2) is 0 Å². The van der Waals surface area contributed by atoms with Crippen LogP contribution in [0.25, 0.3) is 0 Å². The monoisotopic (exact) mass is 214 g/mol. The molecule has 0 radical (unpaired) electrons. The van der Waals surface area contributed by atoms with E-state index in [2.05, 4.69) is 0 Å². The van der Waals surface area contributed by atoms with E-state index in [1.54, 1.807) is 0 Å². The van der Waals surface area contributed by atoms with Gasteiger partial charge in [-0.2, -0.15) is 0 Å². The minimum Gasteiger partial charge on any atom is -0.280 e. The van der Waals surface area contributed by atoms with Crippen LogP contribution in [0.4, 0.5) is 0 Å². The topological polar surface area (TPSA) is 17.1 Å². The Morgan fingerprint density at radius 1 is 1.38 bits per heavy atom. The number of benzene rings is 1. The standard InChI is InChI=1S/C10H11ClOS/c1-7-4-3-5-8(2)10(7)13-6-9(11)12/h3-5H,6H2,1-2H3. The zero-order valence-electron chi connectivity index (χ0n) is 7.63. The van der Waals surface area contributed by atoms with Crippen molar-refractivity contribution >= 4 is 28.6 Å². The second-order valence-electron chi connectivity index (χ2n) is 2.86. The third-order valence-electron chi connectivity index (χ3n) is 1.74. The molecule has 1 aromatic rings. The minimum atomic E-state index is -0.298. The molecule has 0 amide bonds. The highest BCUT2D eigenvalue weighted by atomic mass is 35.5. The third kappa shape index (κ3) is 3.05. The van der Waals surface area contributed by atoms with Gasteiger partial charge in [0.05, 0.1) is 5.75 Å². The number of carbonyl (C=O) groups is 1. The van der Waals surface area contributed by atoms with Gasteiger partial charge in [-0.3, -0.25) is 4.79 Å². The smallest absolute Gasteiger partial charge is 0.231 e. The van der Waals surface area contributed by atoms with Crippen molar-refractivity contribution in [3.8, 4) is 0 Å². The molecule has 0 aliphatic rings. The lowest BCUT2D eigenvalue weighted by Crippen LogP contribution is -1.92. The lowest BCUT2D eigenvalue weighted by atomic mass is 10.2.